The first kappa shape index (κ1) is 16.5. The highest BCUT2D eigenvalue weighted by Crippen LogP contribution is 2.42. The zero-order valence-electron chi connectivity index (χ0n) is 14.1. The number of carbonyl (C=O) groups is 2. The van der Waals surface area contributed by atoms with Crippen molar-refractivity contribution < 1.29 is 28.6 Å². The fourth-order valence-electron chi connectivity index (χ4n) is 3.66. The van der Waals surface area contributed by atoms with Crippen LogP contribution in [0.1, 0.15) is 52.4 Å². The molecule has 7 heteroatoms. The van der Waals surface area contributed by atoms with Gasteiger partial charge in [-0.05, 0) is 42.7 Å². The summed E-state index contributed by atoms with van der Waals surface area (Å²) in [7, 11) is 0. The monoisotopic (exact) mass is 357 g/mol. The fourth-order valence-corrected chi connectivity index (χ4v) is 3.66. The Morgan fingerprint density at radius 2 is 1.65 bits per heavy atom. The Balaban J connectivity index is 1.62. The van der Waals surface area contributed by atoms with Crippen LogP contribution in [0.3, 0.4) is 0 Å². The molecule has 0 radical (unpaired) electrons. The molecule has 0 atom stereocenters. The third kappa shape index (κ3) is 2.89. The number of benzene rings is 1. The van der Waals surface area contributed by atoms with Crippen LogP contribution >= 0.6 is 0 Å². The molecule has 0 saturated heterocycles. The van der Waals surface area contributed by atoms with Crippen molar-refractivity contribution >= 4 is 11.9 Å². The van der Waals surface area contributed by atoms with E-state index < -0.39 is 17.4 Å². The SMILES string of the molecule is O=C(O)c1ccc(C(=O)NC2(c3ccc4c(c3)OCCO4)CCCC2)o1. The second-order valence-corrected chi connectivity index (χ2v) is 6.57. The van der Waals surface area contributed by atoms with Gasteiger partial charge in [-0.15, -0.1) is 0 Å². The smallest absolute Gasteiger partial charge is 0.371 e. The van der Waals surface area contributed by atoms with Crippen molar-refractivity contribution in [2.45, 2.75) is 31.2 Å². The summed E-state index contributed by atoms with van der Waals surface area (Å²) in [6, 6.07) is 8.40. The van der Waals surface area contributed by atoms with Crippen molar-refractivity contribution in [3.8, 4) is 11.5 Å². The highest BCUT2D eigenvalue weighted by molar-refractivity contribution is 5.94. The minimum atomic E-state index is -1.20. The fraction of sp³-hybridized carbons (Fsp3) is 0.368. The van der Waals surface area contributed by atoms with Gasteiger partial charge in [-0.1, -0.05) is 18.9 Å². The summed E-state index contributed by atoms with van der Waals surface area (Å²) in [4.78, 5) is 23.6. The van der Waals surface area contributed by atoms with Crippen molar-refractivity contribution in [2.75, 3.05) is 13.2 Å². The number of hydrogen-bond donors (Lipinski definition) is 2. The molecule has 0 unspecified atom stereocenters. The number of hydrogen-bond acceptors (Lipinski definition) is 5. The van der Waals surface area contributed by atoms with E-state index in [4.69, 9.17) is 19.0 Å². The van der Waals surface area contributed by atoms with Crippen LogP contribution in [0.2, 0.25) is 0 Å². The molecule has 1 aliphatic heterocycles. The normalized spacial score (nSPS) is 17.7. The molecule has 1 fully saturated rings. The first-order chi connectivity index (χ1) is 12.6. The van der Waals surface area contributed by atoms with Gasteiger partial charge in [0.15, 0.2) is 17.3 Å². The van der Waals surface area contributed by atoms with Gasteiger partial charge in [0.25, 0.3) is 5.91 Å². The van der Waals surface area contributed by atoms with Crippen molar-refractivity contribution in [3.05, 3.63) is 47.4 Å². The van der Waals surface area contributed by atoms with Crippen LogP contribution < -0.4 is 14.8 Å². The molecular weight excluding hydrogens is 338 g/mol. The Bertz CT molecular complexity index is 849. The molecular formula is C19H19NO6. The van der Waals surface area contributed by atoms with Crippen LogP contribution in [-0.2, 0) is 5.54 Å². The highest BCUT2D eigenvalue weighted by Gasteiger charge is 2.38. The number of carbonyl (C=O) groups excluding carboxylic acids is 1. The largest absolute Gasteiger partial charge is 0.486 e. The molecule has 7 nitrogen and oxygen atoms in total. The summed E-state index contributed by atoms with van der Waals surface area (Å²) in [5, 5.41) is 12.0. The Labute approximate surface area is 149 Å². The predicted molar refractivity (Wildman–Crippen MR) is 90.7 cm³/mol. The van der Waals surface area contributed by atoms with E-state index in [1.807, 2.05) is 18.2 Å². The highest BCUT2D eigenvalue weighted by atomic mass is 16.6. The van der Waals surface area contributed by atoms with Crippen molar-refractivity contribution in [1.82, 2.24) is 5.32 Å². The Morgan fingerprint density at radius 3 is 2.35 bits per heavy atom. The molecule has 136 valence electrons. The van der Waals surface area contributed by atoms with E-state index in [0.717, 1.165) is 31.2 Å². The minimum Gasteiger partial charge on any atom is -0.486 e. The molecule has 26 heavy (non-hydrogen) atoms. The molecule has 1 saturated carbocycles. The molecule has 0 spiro atoms. The maximum atomic E-state index is 12.7. The van der Waals surface area contributed by atoms with E-state index in [1.54, 1.807) is 0 Å². The molecule has 1 amide bonds. The third-order valence-electron chi connectivity index (χ3n) is 4.95. The number of rotatable bonds is 4. The number of amides is 1. The van der Waals surface area contributed by atoms with Crippen LogP contribution in [0.4, 0.5) is 0 Å². The maximum absolute atomic E-state index is 12.7. The number of nitrogens with one attached hydrogen (secondary N) is 1. The zero-order valence-corrected chi connectivity index (χ0v) is 14.1. The number of fused-ring (bicyclic) bond motifs is 1. The molecule has 1 aromatic carbocycles. The van der Waals surface area contributed by atoms with E-state index >= 15 is 0 Å². The first-order valence-corrected chi connectivity index (χ1v) is 8.63. The van der Waals surface area contributed by atoms with Crippen molar-refractivity contribution in [3.63, 3.8) is 0 Å². The van der Waals surface area contributed by atoms with Gasteiger partial charge in [0.2, 0.25) is 5.76 Å². The summed E-state index contributed by atoms with van der Waals surface area (Å²) in [5.41, 5.74) is 0.431. The van der Waals surface area contributed by atoms with Gasteiger partial charge in [-0.25, -0.2) is 4.79 Å². The molecule has 0 bridgehead atoms. The Hall–Kier alpha value is -2.96. The molecule has 2 N–H and O–H groups in total. The van der Waals surface area contributed by atoms with Gasteiger partial charge in [0, 0.05) is 0 Å². The van der Waals surface area contributed by atoms with Crippen molar-refractivity contribution in [2.24, 2.45) is 0 Å². The van der Waals surface area contributed by atoms with E-state index in [0.29, 0.717) is 24.7 Å². The van der Waals surface area contributed by atoms with E-state index in [1.165, 1.54) is 12.1 Å². The van der Waals surface area contributed by atoms with Gasteiger partial charge in [0.1, 0.15) is 13.2 Å². The summed E-state index contributed by atoms with van der Waals surface area (Å²) < 4.78 is 16.4. The van der Waals surface area contributed by atoms with Gasteiger partial charge >= 0.3 is 5.97 Å². The number of furan rings is 1. The molecule has 2 heterocycles. The van der Waals surface area contributed by atoms with Crippen LogP contribution in [0.15, 0.2) is 34.7 Å². The van der Waals surface area contributed by atoms with Crippen LogP contribution in [0.5, 0.6) is 11.5 Å². The molecule has 4 rings (SSSR count). The van der Waals surface area contributed by atoms with Gasteiger partial charge in [0.05, 0.1) is 5.54 Å². The number of aromatic carboxylic acids is 1. The first-order valence-electron chi connectivity index (χ1n) is 8.63. The van der Waals surface area contributed by atoms with Crippen LogP contribution in [0.25, 0.3) is 0 Å². The van der Waals surface area contributed by atoms with E-state index in [9.17, 15) is 9.59 Å². The minimum absolute atomic E-state index is 0.00813. The summed E-state index contributed by atoms with van der Waals surface area (Å²) >= 11 is 0. The number of carboxylic acid groups (broad SMARTS) is 1. The van der Waals surface area contributed by atoms with E-state index in [-0.39, 0.29) is 11.5 Å². The van der Waals surface area contributed by atoms with E-state index in [2.05, 4.69) is 5.32 Å². The van der Waals surface area contributed by atoms with Gasteiger partial charge < -0.3 is 24.3 Å². The van der Waals surface area contributed by atoms with Crippen LogP contribution in [0, 0.1) is 0 Å². The average molecular weight is 357 g/mol. The Morgan fingerprint density at radius 1 is 0.962 bits per heavy atom. The second kappa shape index (κ2) is 6.40. The van der Waals surface area contributed by atoms with Gasteiger partial charge in [-0.3, -0.25) is 4.79 Å². The lowest BCUT2D eigenvalue weighted by atomic mass is 9.87. The number of carboxylic acids is 1. The molecule has 1 aromatic heterocycles. The Kier molecular flexibility index (Phi) is 4.06. The topological polar surface area (TPSA) is 98.0 Å². The van der Waals surface area contributed by atoms with Crippen LogP contribution in [-0.4, -0.2) is 30.2 Å². The number of ether oxygens (including phenoxy) is 2. The predicted octanol–water partition coefficient (Wildman–Crippen LogP) is 2.95. The van der Waals surface area contributed by atoms with Gasteiger partial charge in [-0.2, -0.15) is 0 Å². The zero-order chi connectivity index (χ0) is 18.1. The average Bonchev–Trinajstić information content (AvgIpc) is 3.31. The lowest BCUT2D eigenvalue weighted by Gasteiger charge is -2.32. The summed E-state index contributed by atoms with van der Waals surface area (Å²) in [6.07, 6.45) is 3.58. The molecule has 2 aromatic rings. The molecule has 2 aliphatic rings. The van der Waals surface area contributed by atoms with Crippen molar-refractivity contribution in [1.29, 1.82) is 0 Å². The quantitative estimate of drug-likeness (QED) is 0.873. The second-order valence-electron chi connectivity index (χ2n) is 6.57. The lowest BCUT2D eigenvalue weighted by Crippen LogP contribution is -2.43. The standard InChI is InChI=1S/C19H19NO6/c21-17(14-5-6-15(26-14)18(22)23)20-19(7-1-2-8-19)12-3-4-13-16(11-12)25-10-9-24-13/h3-6,11H,1-2,7-10H2,(H,20,21)(H,22,23). The lowest BCUT2D eigenvalue weighted by molar-refractivity contribution is 0.0658. The summed E-state index contributed by atoms with van der Waals surface area (Å²) in [5.74, 6) is -0.501. The molecule has 1 aliphatic carbocycles. The maximum Gasteiger partial charge on any atom is 0.371 e. The summed E-state index contributed by atoms with van der Waals surface area (Å²) in [6.45, 7) is 1.03. The third-order valence-corrected chi connectivity index (χ3v) is 4.95.